The van der Waals surface area contributed by atoms with Crippen LogP contribution in [0.1, 0.15) is 39.0 Å². The monoisotopic (exact) mass is 251 g/mol. The van der Waals surface area contributed by atoms with Gasteiger partial charge in [-0.3, -0.25) is 0 Å². The van der Waals surface area contributed by atoms with Gasteiger partial charge in [-0.25, -0.2) is 0 Å². The lowest BCUT2D eigenvalue weighted by atomic mass is 10.0. The number of nitrogens with zero attached hydrogens (tertiary/aromatic N) is 3. The molecule has 1 aliphatic rings. The van der Waals surface area contributed by atoms with Gasteiger partial charge in [0.15, 0.2) is 0 Å². The zero-order valence-electron chi connectivity index (χ0n) is 11.0. The van der Waals surface area contributed by atoms with Crippen LogP contribution in [-0.4, -0.2) is 28.1 Å². The minimum absolute atomic E-state index is 0.186. The second-order valence-corrected chi connectivity index (χ2v) is 4.96. The molecule has 0 bridgehead atoms. The first kappa shape index (κ1) is 12.9. The quantitative estimate of drug-likeness (QED) is 0.797. The summed E-state index contributed by atoms with van der Waals surface area (Å²) in [6, 6.07) is 0.674. The van der Waals surface area contributed by atoms with E-state index in [4.69, 9.17) is 10.5 Å². The highest BCUT2D eigenvalue weighted by molar-refractivity contribution is 5.33. The Labute approximate surface area is 107 Å². The summed E-state index contributed by atoms with van der Waals surface area (Å²) < 4.78 is 4.98. The summed E-state index contributed by atoms with van der Waals surface area (Å²) >= 11 is 0. The van der Waals surface area contributed by atoms with Crippen molar-refractivity contribution in [2.75, 3.05) is 18.2 Å². The topological polar surface area (TPSA) is 86.0 Å². The predicted octanol–water partition coefficient (Wildman–Crippen LogP) is 1.84. The fraction of sp³-hybridized carbons (Fsp3) is 0.750. The normalized spacial score (nSPS) is 24.3. The zero-order valence-corrected chi connectivity index (χ0v) is 11.0. The highest BCUT2D eigenvalue weighted by Gasteiger charge is 2.17. The third-order valence-corrected chi connectivity index (χ3v) is 3.41. The van der Waals surface area contributed by atoms with Gasteiger partial charge in [0.25, 0.3) is 0 Å². The van der Waals surface area contributed by atoms with Crippen molar-refractivity contribution in [3.63, 3.8) is 0 Å². The summed E-state index contributed by atoms with van der Waals surface area (Å²) in [5, 5.41) is 3.33. The third-order valence-electron chi connectivity index (χ3n) is 3.41. The number of ether oxygens (including phenoxy) is 1. The molecule has 1 fully saturated rings. The standard InChI is InChI=1S/C12H21N5O/c1-8-4-3-5-9(7-6-8)14-11-15-10(13)16-12(17-11)18-2/h8-9H,3-7H2,1-2H3,(H3,13,14,15,16,17). The van der Waals surface area contributed by atoms with E-state index in [0.29, 0.717) is 12.0 Å². The second-order valence-electron chi connectivity index (χ2n) is 4.96. The maximum Gasteiger partial charge on any atom is 0.322 e. The Bertz CT molecular complexity index is 398. The Morgan fingerprint density at radius 3 is 2.78 bits per heavy atom. The van der Waals surface area contributed by atoms with Gasteiger partial charge >= 0.3 is 6.01 Å². The molecule has 6 heteroatoms. The largest absolute Gasteiger partial charge is 0.467 e. The van der Waals surface area contributed by atoms with Gasteiger partial charge in [0.05, 0.1) is 7.11 Å². The van der Waals surface area contributed by atoms with E-state index in [1.807, 2.05) is 0 Å². The van der Waals surface area contributed by atoms with Crippen molar-refractivity contribution in [3.05, 3.63) is 0 Å². The highest BCUT2D eigenvalue weighted by Crippen LogP contribution is 2.24. The van der Waals surface area contributed by atoms with Crippen LogP contribution in [0.2, 0.25) is 0 Å². The van der Waals surface area contributed by atoms with E-state index in [0.717, 1.165) is 18.8 Å². The van der Waals surface area contributed by atoms with Gasteiger partial charge in [0.1, 0.15) is 0 Å². The van der Waals surface area contributed by atoms with Gasteiger partial charge in [-0.1, -0.05) is 19.8 Å². The molecule has 100 valence electrons. The predicted molar refractivity (Wildman–Crippen MR) is 70.5 cm³/mol. The fourth-order valence-corrected chi connectivity index (χ4v) is 2.34. The van der Waals surface area contributed by atoms with Crippen molar-refractivity contribution in [1.82, 2.24) is 15.0 Å². The summed E-state index contributed by atoms with van der Waals surface area (Å²) in [5.41, 5.74) is 5.61. The van der Waals surface area contributed by atoms with Crippen LogP contribution in [0.3, 0.4) is 0 Å². The SMILES string of the molecule is COc1nc(N)nc(NC2CCCC(C)CC2)n1. The van der Waals surface area contributed by atoms with Gasteiger partial charge in [-0.15, -0.1) is 0 Å². The molecule has 1 saturated carbocycles. The third kappa shape index (κ3) is 3.45. The van der Waals surface area contributed by atoms with Crippen molar-refractivity contribution in [2.24, 2.45) is 5.92 Å². The van der Waals surface area contributed by atoms with E-state index in [1.54, 1.807) is 0 Å². The summed E-state index contributed by atoms with van der Waals surface area (Å²) in [7, 11) is 1.52. The summed E-state index contributed by atoms with van der Waals surface area (Å²) in [5.74, 6) is 1.51. The molecular formula is C12H21N5O. The Kier molecular flexibility index (Phi) is 4.17. The number of nitrogens with one attached hydrogen (secondary N) is 1. The number of rotatable bonds is 3. The number of nitrogen functional groups attached to an aromatic ring is 1. The van der Waals surface area contributed by atoms with Crippen LogP contribution in [0.25, 0.3) is 0 Å². The minimum atomic E-state index is 0.186. The maximum absolute atomic E-state index is 5.61. The molecule has 2 rings (SSSR count). The van der Waals surface area contributed by atoms with Gasteiger partial charge in [-0.05, 0) is 25.2 Å². The second kappa shape index (κ2) is 5.84. The van der Waals surface area contributed by atoms with Gasteiger partial charge in [0.2, 0.25) is 11.9 Å². The molecule has 0 amide bonds. The van der Waals surface area contributed by atoms with Crippen LogP contribution in [0.5, 0.6) is 6.01 Å². The van der Waals surface area contributed by atoms with E-state index in [9.17, 15) is 0 Å². The molecule has 1 aliphatic carbocycles. The molecule has 1 aromatic rings. The lowest BCUT2D eigenvalue weighted by molar-refractivity contribution is 0.379. The molecule has 3 N–H and O–H groups in total. The lowest BCUT2D eigenvalue weighted by Gasteiger charge is -2.16. The van der Waals surface area contributed by atoms with Crippen molar-refractivity contribution in [3.8, 4) is 6.01 Å². The highest BCUT2D eigenvalue weighted by atomic mass is 16.5. The Balaban J connectivity index is 2.01. The lowest BCUT2D eigenvalue weighted by Crippen LogP contribution is -2.21. The molecular weight excluding hydrogens is 230 g/mol. The van der Waals surface area contributed by atoms with Gasteiger partial charge < -0.3 is 15.8 Å². The van der Waals surface area contributed by atoms with Crippen LogP contribution in [-0.2, 0) is 0 Å². The smallest absolute Gasteiger partial charge is 0.322 e. The average molecular weight is 251 g/mol. The van der Waals surface area contributed by atoms with Crippen molar-refractivity contribution >= 4 is 11.9 Å². The summed E-state index contributed by atoms with van der Waals surface area (Å²) in [6.45, 7) is 2.31. The molecule has 1 heterocycles. The first-order chi connectivity index (χ1) is 8.67. The molecule has 0 aliphatic heterocycles. The van der Waals surface area contributed by atoms with Crippen molar-refractivity contribution in [1.29, 1.82) is 0 Å². The molecule has 18 heavy (non-hydrogen) atoms. The Morgan fingerprint density at radius 1 is 1.17 bits per heavy atom. The molecule has 0 spiro atoms. The van der Waals surface area contributed by atoms with Crippen LogP contribution >= 0.6 is 0 Å². The van der Waals surface area contributed by atoms with E-state index >= 15 is 0 Å². The van der Waals surface area contributed by atoms with Crippen LogP contribution < -0.4 is 15.8 Å². The minimum Gasteiger partial charge on any atom is -0.467 e. The number of nitrogens with two attached hydrogens (primary N) is 1. The number of hydrogen-bond acceptors (Lipinski definition) is 6. The number of aromatic nitrogens is 3. The average Bonchev–Trinajstić information content (AvgIpc) is 2.54. The van der Waals surface area contributed by atoms with Crippen molar-refractivity contribution < 1.29 is 4.74 Å². The van der Waals surface area contributed by atoms with E-state index in [1.165, 1.54) is 26.4 Å². The molecule has 6 nitrogen and oxygen atoms in total. The molecule has 2 atom stereocenters. The molecule has 2 unspecified atom stereocenters. The van der Waals surface area contributed by atoms with Crippen LogP contribution in [0.4, 0.5) is 11.9 Å². The number of methoxy groups -OCH3 is 1. The zero-order chi connectivity index (χ0) is 13.0. The fourth-order valence-electron chi connectivity index (χ4n) is 2.34. The van der Waals surface area contributed by atoms with Crippen molar-refractivity contribution in [2.45, 2.75) is 45.1 Å². The summed E-state index contributed by atoms with van der Waals surface area (Å²) in [6.07, 6.45) is 6.10. The number of anilines is 2. The Hall–Kier alpha value is -1.59. The molecule has 0 radical (unpaired) electrons. The van der Waals surface area contributed by atoms with E-state index < -0.39 is 0 Å². The van der Waals surface area contributed by atoms with E-state index in [-0.39, 0.29) is 12.0 Å². The Morgan fingerprint density at radius 2 is 2.00 bits per heavy atom. The van der Waals surface area contributed by atoms with Gasteiger partial charge in [0, 0.05) is 6.04 Å². The molecule has 0 aromatic carbocycles. The molecule has 1 aromatic heterocycles. The van der Waals surface area contributed by atoms with E-state index in [2.05, 4.69) is 27.2 Å². The van der Waals surface area contributed by atoms with Gasteiger partial charge in [-0.2, -0.15) is 15.0 Å². The molecule has 0 saturated heterocycles. The first-order valence-electron chi connectivity index (χ1n) is 6.49. The maximum atomic E-state index is 5.61. The first-order valence-corrected chi connectivity index (χ1v) is 6.49. The summed E-state index contributed by atoms with van der Waals surface area (Å²) in [4.78, 5) is 12.1. The van der Waals surface area contributed by atoms with Crippen LogP contribution in [0.15, 0.2) is 0 Å². The number of hydrogen-bond donors (Lipinski definition) is 2. The van der Waals surface area contributed by atoms with Crippen LogP contribution in [0, 0.1) is 5.92 Å².